The van der Waals surface area contributed by atoms with Crippen molar-refractivity contribution >= 4 is 11.6 Å². The number of nitrogens with zero attached hydrogens (tertiary/aromatic N) is 6. The second-order valence-corrected chi connectivity index (χ2v) is 9.16. The van der Waals surface area contributed by atoms with Crippen molar-refractivity contribution in [2.45, 2.75) is 37.7 Å². The number of methoxy groups -OCH3 is 1. The Morgan fingerprint density at radius 3 is 2.61 bits per heavy atom. The van der Waals surface area contributed by atoms with Crippen molar-refractivity contribution in [3.63, 3.8) is 0 Å². The molecule has 0 bridgehead atoms. The molecule has 3 heterocycles. The lowest BCUT2D eigenvalue weighted by Gasteiger charge is -2.38. The Hall–Kier alpha value is -3.52. The molecule has 2 aromatic carbocycles. The van der Waals surface area contributed by atoms with Crippen LogP contribution >= 0.6 is 11.6 Å². The van der Waals surface area contributed by atoms with E-state index in [1.807, 2.05) is 0 Å². The van der Waals surface area contributed by atoms with Crippen LogP contribution in [0, 0.1) is 24.4 Å². The number of ether oxygens (including phenoxy) is 2. The summed E-state index contributed by atoms with van der Waals surface area (Å²) in [5, 5.41) is 33.7. The Morgan fingerprint density at radius 2 is 1.92 bits per heavy atom. The summed E-state index contributed by atoms with van der Waals surface area (Å²) in [4.78, 5) is 4.52. The van der Waals surface area contributed by atoms with Gasteiger partial charge in [-0.15, -0.1) is 5.10 Å². The third-order valence-corrected chi connectivity index (χ3v) is 6.51. The summed E-state index contributed by atoms with van der Waals surface area (Å²) < 4.78 is 55.2. The molecule has 1 saturated heterocycles. The van der Waals surface area contributed by atoms with Gasteiger partial charge in [0.15, 0.2) is 23.3 Å². The zero-order valence-corrected chi connectivity index (χ0v) is 20.8. The number of rotatable bonds is 6. The lowest BCUT2D eigenvalue weighted by molar-refractivity contribution is -0.161. The number of halogens is 4. The lowest BCUT2D eigenvalue weighted by Crippen LogP contribution is -2.45. The molecule has 4 unspecified atom stereocenters. The molecule has 5 rings (SSSR count). The van der Waals surface area contributed by atoms with Crippen LogP contribution in [0.5, 0.6) is 5.75 Å². The quantitative estimate of drug-likeness (QED) is 0.351. The van der Waals surface area contributed by atoms with Crippen LogP contribution in [-0.4, -0.2) is 65.9 Å². The average Bonchev–Trinajstić information content (AvgIpc) is 3.54. The number of benzene rings is 2. The monoisotopic (exact) mass is 550 g/mol. The second kappa shape index (κ2) is 10.3. The molecule has 0 spiro atoms. The molecule has 38 heavy (non-hydrogen) atoms. The number of aromatic nitrogens is 6. The topological polar surface area (TPSA) is 120 Å². The first kappa shape index (κ1) is 26.1. The molecular formula is C24H22ClF3N6O4. The van der Waals surface area contributed by atoms with Crippen LogP contribution in [0.2, 0.25) is 5.02 Å². The van der Waals surface area contributed by atoms with Crippen LogP contribution in [0.3, 0.4) is 0 Å². The Morgan fingerprint density at radius 1 is 1.18 bits per heavy atom. The molecule has 14 heteroatoms. The van der Waals surface area contributed by atoms with Gasteiger partial charge in [-0.1, -0.05) is 16.8 Å². The summed E-state index contributed by atoms with van der Waals surface area (Å²) in [6.07, 6.45) is -1.54. The molecule has 200 valence electrons. The predicted octanol–water partition coefficient (Wildman–Crippen LogP) is 3.34. The van der Waals surface area contributed by atoms with Crippen LogP contribution < -0.4 is 4.74 Å². The van der Waals surface area contributed by atoms with E-state index in [2.05, 4.69) is 20.4 Å². The largest absolute Gasteiger partial charge is 0.494 e. The highest BCUT2D eigenvalue weighted by molar-refractivity contribution is 6.30. The fourth-order valence-corrected chi connectivity index (χ4v) is 4.62. The van der Waals surface area contributed by atoms with Crippen LogP contribution in [0.1, 0.15) is 30.2 Å². The Kier molecular flexibility index (Phi) is 7.09. The number of aliphatic hydroxyl groups excluding tert-OH is 2. The summed E-state index contributed by atoms with van der Waals surface area (Å²) >= 11 is 6.22. The standard InChI is InChI=1S/C24H22ClF3N6O4/c1-11-29-24(34(31-11)17-7-13(25)3-4-19(17)37-2)20-8-18(23(36)21(10-35)38-20)33-9-16(30-32-33)12-5-14(26)22(28)15(27)6-12/h3-7,9,18,20-21,23,35-36H,8,10H2,1-2H3. The minimum Gasteiger partial charge on any atom is -0.494 e. The fraction of sp³-hybridized carbons (Fsp3) is 0.333. The Balaban J connectivity index is 1.51. The molecule has 0 saturated carbocycles. The van der Waals surface area contributed by atoms with Gasteiger partial charge in [0.1, 0.15) is 41.3 Å². The van der Waals surface area contributed by atoms with Crippen LogP contribution in [0.25, 0.3) is 16.9 Å². The van der Waals surface area contributed by atoms with E-state index in [0.29, 0.717) is 28.1 Å². The van der Waals surface area contributed by atoms with Gasteiger partial charge < -0.3 is 19.7 Å². The molecule has 1 aliphatic rings. The highest BCUT2D eigenvalue weighted by atomic mass is 35.5. The van der Waals surface area contributed by atoms with E-state index in [0.717, 1.165) is 12.1 Å². The van der Waals surface area contributed by atoms with Crippen molar-refractivity contribution in [2.75, 3.05) is 13.7 Å². The van der Waals surface area contributed by atoms with Gasteiger partial charge >= 0.3 is 0 Å². The number of hydrogen-bond donors (Lipinski definition) is 2. The summed E-state index contributed by atoms with van der Waals surface area (Å²) in [6.45, 7) is 1.18. The number of aliphatic hydroxyl groups is 2. The summed E-state index contributed by atoms with van der Waals surface area (Å²) in [5.74, 6) is -3.06. The van der Waals surface area contributed by atoms with Crippen LogP contribution in [-0.2, 0) is 4.74 Å². The number of aryl methyl sites for hydroxylation is 1. The van der Waals surface area contributed by atoms with Gasteiger partial charge in [0, 0.05) is 17.0 Å². The van der Waals surface area contributed by atoms with Crippen molar-refractivity contribution in [2.24, 2.45) is 0 Å². The van der Waals surface area contributed by atoms with Crippen molar-refractivity contribution in [3.8, 4) is 22.7 Å². The van der Waals surface area contributed by atoms with E-state index in [4.69, 9.17) is 21.1 Å². The van der Waals surface area contributed by atoms with Gasteiger partial charge in [-0.25, -0.2) is 27.5 Å². The highest BCUT2D eigenvalue weighted by Gasteiger charge is 2.42. The normalized spacial score (nSPS) is 21.6. The number of hydrogen-bond acceptors (Lipinski definition) is 8. The van der Waals surface area contributed by atoms with Crippen LogP contribution in [0.4, 0.5) is 13.2 Å². The molecule has 2 N–H and O–H groups in total. The van der Waals surface area contributed by atoms with Gasteiger partial charge in [0.25, 0.3) is 0 Å². The van der Waals surface area contributed by atoms with Crippen molar-refractivity contribution in [1.29, 1.82) is 0 Å². The lowest BCUT2D eigenvalue weighted by atomic mass is 9.95. The summed E-state index contributed by atoms with van der Waals surface area (Å²) in [7, 11) is 1.50. The third-order valence-electron chi connectivity index (χ3n) is 6.27. The fourth-order valence-electron chi connectivity index (χ4n) is 4.46. The van der Waals surface area contributed by atoms with Gasteiger partial charge in [-0.2, -0.15) is 5.10 Å². The second-order valence-electron chi connectivity index (χ2n) is 8.72. The maximum absolute atomic E-state index is 13.8. The van der Waals surface area contributed by atoms with Gasteiger partial charge in [0.05, 0.1) is 26.0 Å². The molecule has 0 radical (unpaired) electrons. The molecule has 10 nitrogen and oxygen atoms in total. The Bertz CT molecular complexity index is 1460. The zero-order chi connectivity index (χ0) is 27.1. The van der Waals surface area contributed by atoms with Crippen molar-refractivity contribution in [1.82, 2.24) is 29.8 Å². The van der Waals surface area contributed by atoms with E-state index in [9.17, 15) is 23.4 Å². The molecule has 0 aliphatic carbocycles. The zero-order valence-electron chi connectivity index (χ0n) is 20.1. The van der Waals surface area contributed by atoms with Crippen molar-refractivity contribution in [3.05, 3.63) is 70.7 Å². The summed E-state index contributed by atoms with van der Waals surface area (Å²) in [5.41, 5.74) is 0.528. The molecule has 1 aliphatic heterocycles. The van der Waals surface area contributed by atoms with Crippen LogP contribution in [0.15, 0.2) is 36.5 Å². The molecule has 2 aromatic heterocycles. The van der Waals surface area contributed by atoms with E-state index in [1.165, 1.54) is 22.7 Å². The maximum atomic E-state index is 13.8. The average molecular weight is 551 g/mol. The van der Waals surface area contributed by atoms with Gasteiger partial charge in [-0.3, -0.25) is 0 Å². The van der Waals surface area contributed by atoms with E-state index < -0.39 is 48.4 Å². The molecule has 4 aromatic rings. The predicted molar refractivity (Wildman–Crippen MR) is 127 cm³/mol. The Labute approximate surface area is 219 Å². The first-order chi connectivity index (χ1) is 18.2. The smallest absolute Gasteiger partial charge is 0.194 e. The van der Waals surface area contributed by atoms with E-state index in [-0.39, 0.29) is 17.7 Å². The van der Waals surface area contributed by atoms with E-state index in [1.54, 1.807) is 25.1 Å². The van der Waals surface area contributed by atoms with Gasteiger partial charge in [-0.05, 0) is 37.3 Å². The summed E-state index contributed by atoms with van der Waals surface area (Å²) in [6, 6.07) is 5.82. The van der Waals surface area contributed by atoms with Gasteiger partial charge in [0.2, 0.25) is 0 Å². The molecule has 0 amide bonds. The highest BCUT2D eigenvalue weighted by Crippen LogP contribution is 2.39. The van der Waals surface area contributed by atoms with Crippen molar-refractivity contribution < 1.29 is 32.9 Å². The third kappa shape index (κ3) is 4.73. The SMILES string of the molecule is COc1ccc(Cl)cc1-n1nc(C)nc1C1CC(n2cc(-c3cc(F)c(F)c(F)c3)nn2)C(O)C(CO)O1. The molecular weight excluding hydrogens is 529 g/mol. The first-order valence-electron chi connectivity index (χ1n) is 11.5. The minimum atomic E-state index is -1.59. The molecule has 4 atom stereocenters. The molecule has 1 fully saturated rings. The first-order valence-corrected chi connectivity index (χ1v) is 11.9. The maximum Gasteiger partial charge on any atom is 0.194 e. The van der Waals surface area contributed by atoms with E-state index >= 15 is 0 Å². The minimum absolute atomic E-state index is 0.0344.